The van der Waals surface area contributed by atoms with Crippen LogP contribution in [0, 0.1) is 0 Å². The van der Waals surface area contributed by atoms with Crippen LogP contribution < -0.4 is 10.1 Å². The van der Waals surface area contributed by atoms with E-state index < -0.39 is 12.0 Å². The number of nitrogens with one attached hydrogen (secondary N) is 1. The van der Waals surface area contributed by atoms with Gasteiger partial charge < -0.3 is 14.6 Å². The Labute approximate surface area is 135 Å². The molecule has 0 aromatic heterocycles. The Morgan fingerprint density at radius 2 is 1.78 bits per heavy atom. The average molecular weight is 315 g/mol. The van der Waals surface area contributed by atoms with E-state index >= 15 is 0 Å². The van der Waals surface area contributed by atoms with Crippen LogP contribution in [-0.4, -0.2) is 31.4 Å². The van der Waals surface area contributed by atoms with E-state index in [0.717, 1.165) is 16.9 Å². The lowest BCUT2D eigenvalue weighted by molar-refractivity contribution is -0.139. The van der Waals surface area contributed by atoms with Crippen molar-refractivity contribution in [1.29, 1.82) is 0 Å². The highest BCUT2D eigenvalue weighted by Gasteiger charge is 2.18. The van der Waals surface area contributed by atoms with Gasteiger partial charge in [-0.15, -0.1) is 0 Å². The normalized spacial score (nSPS) is 11.9. The molecule has 0 radical (unpaired) electrons. The molecule has 0 aliphatic carbocycles. The summed E-state index contributed by atoms with van der Waals surface area (Å²) in [4.78, 5) is 11.4. The summed E-state index contributed by atoms with van der Waals surface area (Å²) in [6, 6.07) is 16.0. The Balaban J connectivity index is 1.92. The monoisotopic (exact) mass is 315 g/mol. The van der Waals surface area contributed by atoms with Crippen LogP contribution in [0.5, 0.6) is 5.75 Å². The van der Waals surface area contributed by atoms with Gasteiger partial charge in [0.15, 0.2) is 0 Å². The van der Waals surface area contributed by atoms with E-state index in [-0.39, 0.29) is 0 Å². The van der Waals surface area contributed by atoms with Crippen molar-refractivity contribution in [2.45, 2.75) is 12.6 Å². The van der Waals surface area contributed by atoms with Crippen molar-refractivity contribution in [2.24, 2.45) is 0 Å². The Kier molecular flexibility index (Phi) is 6.59. The number of carbonyl (C=O) groups is 1. The van der Waals surface area contributed by atoms with E-state index in [0.29, 0.717) is 19.8 Å². The van der Waals surface area contributed by atoms with Crippen molar-refractivity contribution in [3.05, 3.63) is 65.7 Å². The molecule has 23 heavy (non-hydrogen) atoms. The summed E-state index contributed by atoms with van der Waals surface area (Å²) in [7, 11) is 1.63. The molecule has 0 aliphatic rings. The van der Waals surface area contributed by atoms with Crippen LogP contribution in [0.25, 0.3) is 0 Å². The SMILES string of the molecule is COCCOc1ccc(CN[C@H](C(=O)O)c2ccccc2)cc1. The van der Waals surface area contributed by atoms with Crippen LogP contribution in [0.1, 0.15) is 17.2 Å². The topological polar surface area (TPSA) is 67.8 Å². The lowest BCUT2D eigenvalue weighted by atomic mass is 10.1. The second-order valence-corrected chi connectivity index (χ2v) is 5.05. The molecule has 2 rings (SSSR count). The smallest absolute Gasteiger partial charge is 0.325 e. The fraction of sp³-hybridized carbons (Fsp3) is 0.278. The molecule has 0 amide bonds. The first-order valence-corrected chi connectivity index (χ1v) is 7.42. The Morgan fingerprint density at radius 1 is 1.09 bits per heavy atom. The van der Waals surface area contributed by atoms with E-state index in [1.54, 1.807) is 19.2 Å². The molecule has 0 saturated heterocycles. The molecule has 0 saturated carbocycles. The average Bonchev–Trinajstić information content (AvgIpc) is 2.57. The van der Waals surface area contributed by atoms with Gasteiger partial charge in [0, 0.05) is 13.7 Å². The largest absolute Gasteiger partial charge is 0.491 e. The summed E-state index contributed by atoms with van der Waals surface area (Å²) in [5.41, 5.74) is 1.73. The summed E-state index contributed by atoms with van der Waals surface area (Å²) in [5, 5.41) is 12.4. The minimum absolute atomic E-state index is 0.463. The van der Waals surface area contributed by atoms with Gasteiger partial charge in [0.1, 0.15) is 18.4 Å². The highest BCUT2D eigenvalue weighted by molar-refractivity contribution is 5.75. The summed E-state index contributed by atoms with van der Waals surface area (Å²) in [5.74, 6) is -0.126. The molecule has 2 aromatic carbocycles. The molecule has 2 N–H and O–H groups in total. The first-order chi connectivity index (χ1) is 11.2. The highest BCUT2D eigenvalue weighted by atomic mass is 16.5. The quantitative estimate of drug-likeness (QED) is 0.696. The first-order valence-electron chi connectivity index (χ1n) is 7.42. The molecular weight excluding hydrogens is 294 g/mol. The van der Waals surface area contributed by atoms with E-state index in [9.17, 15) is 9.90 Å². The minimum atomic E-state index is -0.893. The number of hydrogen-bond donors (Lipinski definition) is 2. The van der Waals surface area contributed by atoms with Crippen LogP contribution in [0.4, 0.5) is 0 Å². The van der Waals surface area contributed by atoms with Crippen LogP contribution in [0.15, 0.2) is 54.6 Å². The Bertz CT molecular complexity index is 598. The molecule has 5 nitrogen and oxygen atoms in total. The minimum Gasteiger partial charge on any atom is -0.491 e. The van der Waals surface area contributed by atoms with E-state index in [4.69, 9.17) is 9.47 Å². The number of methoxy groups -OCH3 is 1. The number of rotatable bonds is 9. The third-order valence-corrected chi connectivity index (χ3v) is 3.37. The van der Waals surface area contributed by atoms with Crippen LogP contribution in [0.2, 0.25) is 0 Å². The number of carboxylic acid groups (broad SMARTS) is 1. The molecule has 122 valence electrons. The third-order valence-electron chi connectivity index (χ3n) is 3.37. The van der Waals surface area contributed by atoms with Gasteiger partial charge in [-0.1, -0.05) is 42.5 Å². The Hall–Kier alpha value is -2.37. The molecule has 1 atom stereocenters. The van der Waals surface area contributed by atoms with Crippen molar-refractivity contribution >= 4 is 5.97 Å². The maximum Gasteiger partial charge on any atom is 0.325 e. The molecule has 0 unspecified atom stereocenters. The summed E-state index contributed by atoms with van der Waals surface area (Å²) < 4.78 is 10.4. The molecule has 0 spiro atoms. The second kappa shape index (κ2) is 8.92. The zero-order valence-electron chi connectivity index (χ0n) is 13.1. The van der Waals surface area contributed by atoms with Gasteiger partial charge in [-0.05, 0) is 23.3 Å². The van der Waals surface area contributed by atoms with Crippen LogP contribution in [0.3, 0.4) is 0 Å². The van der Waals surface area contributed by atoms with Crippen molar-refractivity contribution < 1.29 is 19.4 Å². The number of carboxylic acids is 1. The lowest BCUT2D eigenvalue weighted by Crippen LogP contribution is -2.28. The maximum atomic E-state index is 11.4. The molecule has 0 heterocycles. The van der Waals surface area contributed by atoms with Crippen molar-refractivity contribution in [3.8, 4) is 5.75 Å². The van der Waals surface area contributed by atoms with Crippen molar-refractivity contribution in [3.63, 3.8) is 0 Å². The first kappa shape index (κ1) is 17.0. The fourth-order valence-corrected chi connectivity index (χ4v) is 2.16. The predicted octanol–water partition coefficient (Wildman–Crippen LogP) is 2.63. The lowest BCUT2D eigenvalue weighted by Gasteiger charge is -2.15. The number of ether oxygens (including phenoxy) is 2. The standard InChI is InChI=1S/C18H21NO4/c1-22-11-12-23-16-9-7-14(8-10-16)13-19-17(18(20)21)15-5-3-2-4-6-15/h2-10,17,19H,11-13H2,1H3,(H,20,21)/t17-/m0/s1. The van der Waals surface area contributed by atoms with E-state index in [1.165, 1.54) is 0 Å². The van der Waals surface area contributed by atoms with Crippen molar-refractivity contribution in [1.82, 2.24) is 5.32 Å². The number of aliphatic carboxylic acids is 1. The maximum absolute atomic E-state index is 11.4. The summed E-state index contributed by atoms with van der Waals surface area (Å²) >= 11 is 0. The summed E-state index contributed by atoms with van der Waals surface area (Å²) in [6.45, 7) is 1.51. The van der Waals surface area contributed by atoms with Gasteiger partial charge in [-0.2, -0.15) is 0 Å². The fourth-order valence-electron chi connectivity index (χ4n) is 2.16. The van der Waals surface area contributed by atoms with Gasteiger partial charge >= 0.3 is 5.97 Å². The van der Waals surface area contributed by atoms with Gasteiger partial charge in [-0.25, -0.2) is 0 Å². The van der Waals surface area contributed by atoms with Gasteiger partial charge in [0.25, 0.3) is 0 Å². The van der Waals surface area contributed by atoms with Crippen LogP contribution in [-0.2, 0) is 16.1 Å². The van der Waals surface area contributed by atoms with Gasteiger partial charge in [0.05, 0.1) is 6.61 Å². The zero-order valence-corrected chi connectivity index (χ0v) is 13.1. The second-order valence-electron chi connectivity index (χ2n) is 5.05. The Morgan fingerprint density at radius 3 is 2.39 bits per heavy atom. The summed E-state index contributed by atoms with van der Waals surface area (Å²) in [6.07, 6.45) is 0. The molecule has 2 aromatic rings. The zero-order chi connectivity index (χ0) is 16.5. The molecule has 0 fully saturated rings. The van der Waals surface area contributed by atoms with Crippen molar-refractivity contribution in [2.75, 3.05) is 20.3 Å². The van der Waals surface area contributed by atoms with Gasteiger partial charge in [0.2, 0.25) is 0 Å². The third kappa shape index (κ3) is 5.39. The molecule has 0 bridgehead atoms. The number of benzene rings is 2. The van der Waals surface area contributed by atoms with E-state index in [1.807, 2.05) is 42.5 Å². The van der Waals surface area contributed by atoms with Crippen LogP contribution >= 0.6 is 0 Å². The van der Waals surface area contributed by atoms with E-state index in [2.05, 4.69) is 5.32 Å². The molecular formula is C18H21NO4. The molecule has 0 aliphatic heterocycles. The molecule has 5 heteroatoms. The van der Waals surface area contributed by atoms with Gasteiger partial charge in [-0.3, -0.25) is 10.1 Å². The highest BCUT2D eigenvalue weighted by Crippen LogP contribution is 2.16. The number of hydrogen-bond acceptors (Lipinski definition) is 4. The predicted molar refractivity (Wildman–Crippen MR) is 87.5 cm³/mol.